The Morgan fingerprint density at radius 1 is 0.327 bits per heavy atom. The number of nitrogens with zero attached hydrogens (tertiary/aromatic N) is 1. The van der Waals surface area contributed by atoms with Gasteiger partial charge in [-0.05, 0) is 94.9 Å². The first kappa shape index (κ1) is 31.4. The predicted octanol–water partition coefficient (Wildman–Crippen LogP) is 13.9. The summed E-state index contributed by atoms with van der Waals surface area (Å²) in [6.45, 7) is 0. The molecule has 0 atom stereocenters. The van der Waals surface area contributed by atoms with Gasteiger partial charge < -0.3 is 0 Å². The van der Waals surface area contributed by atoms with Crippen LogP contribution in [0.3, 0.4) is 0 Å². The summed E-state index contributed by atoms with van der Waals surface area (Å²) in [6, 6.07) is 75.9. The molecule has 0 spiro atoms. The quantitative estimate of drug-likeness (QED) is 0.163. The predicted molar refractivity (Wildman–Crippen MR) is 230 cm³/mol. The number of rotatable bonds is 5. The highest BCUT2D eigenvalue weighted by atomic mass is 14.6. The molecule has 0 saturated carbocycles. The third-order valence-corrected chi connectivity index (χ3v) is 11.8. The first-order valence-electron chi connectivity index (χ1n) is 19.0. The Morgan fingerprint density at radius 2 is 0.818 bits per heavy atom. The van der Waals surface area contributed by atoms with Crippen molar-refractivity contribution in [2.24, 2.45) is 0 Å². The summed E-state index contributed by atoms with van der Waals surface area (Å²) in [6.07, 6.45) is 1.88. The van der Waals surface area contributed by atoms with Crippen molar-refractivity contribution >= 4 is 32.4 Å². The molecule has 1 aliphatic carbocycles. The summed E-state index contributed by atoms with van der Waals surface area (Å²) in [5, 5.41) is 6.14. The van der Waals surface area contributed by atoms with Gasteiger partial charge in [-0.25, -0.2) is 0 Å². The molecular formula is C54H35N. The maximum atomic E-state index is 4.74. The van der Waals surface area contributed by atoms with Crippen LogP contribution >= 0.6 is 0 Å². The van der Waals surface area contributed by atoms with Gasteiger partial charge in [0.05, 0.1) is 10.9 Å². The van der Waals surface area contributed by atoms with E-state index < -0.39 is 5.41 Å². The second-order valence-electron chi connectivity index (χ2n) is 14.6. The van der Waals surface area contributed by atoms with Crippen LogP contribution in [0, 0.1) is 0 Å². The lowest BCUT2D eigenvalue weighted by molar-refractivity contribution is 0.769. The van der Waals surface area contributed by atoms with Crippen molar-refractivity contribution in [2.75, 3.05) is 0 Å². The summed E-state index contributed by atoms with van der Waals surface area (Å²) in [7, 11) is 0. The minimum absolute atomic E-state index is 0.461. The van der Waals surface area contributed by atoms with Gasteiger partial charge in [-0.1, -0.05) is 194 Å². The van der Waals surface area contributed by atoms with E-state index in [1.54, 1.807) is 0 Å². The molecule has 11 rings (SSSR count). The van der Waals surface area contributed by atoms with Crippen molar-refractivity contribution < 1.29 is 0 Å². The molecule has 55 heavy (non-hydrogen) atoms. The van der Waals surface area contributed by atoms with Gasteiger partial charge in [0.25, 0.3) is 0 Å². The lowest BCUT2D eigenvalue weighted by Gasteiger charge is -2.34. The Hall–Kier alpha value is -7.09. The van der Waals surface area contributed by atoms with Gasteiger partial charge in [0.2, 0.25) is 0 Å². The Labute approximate surface area is 320 Å². The van der Waals surface area contributed by atoms with Gasteiger partial charge in [0.1, 0.15) is 0 Å². The van der Waals surface area contributed by atoms with Crippen LogP contribution in [0.5, 0.6) is 0 Å². The Kier molecular flexibility index (Phi) is 7.15. The van der Waals surface area contributed by atoms with E-state index in [2.05, 4.69) is 200 Å². The molecule has 0 N–H and O–H groups in total. The van der Waals surface area contributed by atoms with Crippen LogP contribution in [0.25, 0.3) is 77.0 Å². The Balaban J connectivity index is 1.15. The summed E-state index contributed by atoms with van der Waals surface area (Å²) >= 11 is 0. The van der Waals surface area contributed by atoms with Gasteiger partial charge >= 0.3 is 0 Å². The minimum Gasteiger partial charge on any atom is -0.256 e. The largest absolute Gasteiger partial charge is 0.256 e. The van der Waals surface area contributed by atoms with Gasteiger partial charge in [0, 0.05) is 17.1 Å². The zero-order valence-corrected chi connectivity index (χ0v) is 30.2. The zero-order valence-electron chi connectivity index (χ0n) is 30.2. The average Bonchev–Trinajstić information content (AvgIpc) is 3.56. The van der Waals surface area contributed by atoms with Crippen LogP contribution < -0.4 is 0 Å². The van der Waals surface area contributed by atoms with E-state index in [-0.39, 0.29) is 0 Å². The minimum atomic E-state index is -0.461. The number of hydrogen-bond acceptors (Lipinski definition) is 1. The highest BCUT2D eigenvalue weighted by molar-refractivity contribution is 6.21. The number of pyridine rings is 1. The first-order valence-corrected chi connectivity index (χ1v) is 19.0. The topological polar surface area (TPSA) is 12.9 Å². The number of aromatic nitrogens is 1. The standard InChI is InChI=1S/C54H35N/c1-3-17-40(18-4-1)54(41-19-5-2-6-20-41)49-27-12-11-21-43(49)44-33-32-39(35-50(44)54)52-47-24-9-7-22-45(47)51(46-23-8-10-25-48(46)52)37-30-28-36(29-31-37)42-26-13-15-38-16-14-34-55-53(38)42/h1-35H. The Bertz CT molecular complexity index is 2970. The van der Waals surface area contributed by atoms with Gasteiger partial charge in [0.15, 0.2) is 0 Å². The van der Waals surface area contributed by atoms with E-state index >= 15 is 0 Å². The molecule has 0 unspecified atom stereocenters. The molecule has 10 aromatic rings. The lowest BCUT2D eigenvalue weighted by atomic mass is 9.67. The molecule has 0 amide bonds. The smallest absolute Gasteiger partial charge is 0.0780 e. The first-order chi connectivity index (χ1) is 27.3. The second kappa shape index (κ2) is 12.5. The van der Waals surface area contributed by atoms with Crippen LogP contribution in [-0.4, -0.2) is 4.98 Å². The molecule has 1 heterocycles. The van der Waals surface area contributed by atoms with Gasteiger partial charge in [-0.2, -0.15) is 0 Å². The third-order valence-electron chi connectivity index (χ3n) is 11.8. The number of para-hydroxylation sites is 1. The fourth-order valence-electron chi connectivity index (χ4n) is 9.50. The molecule has 0 radical (unpaired) electrons. The molecule has 1 nitrogen and oxygen atoms in total. The van der Waals surface area contributed by atoms with Crippen molar-refractivity contribution in [2.45, 2.75) is 5.41 Å². The van der Waals surface area contributed by atoms with Crippen LogP contribution in [0.4, 0.5) is 0 Å². The highest BCUT2D eigenvalue weighted by Gasteiger charge is 2.46. The van der Waals surface area contributed by atoms with E-state index in [9.17, 15) is 0 Å². The van der Waals surface area contributed by atoms with Crippen LogP contribution in [0.2, 0.25) is 0 Å². The van der Waals surface area contributed by atoms with Crippen molar-refractivity contribution in [1.29, 1.82) is 0 Å². The van der Waals surface area contributed by atoms with Crippen molar-refractivity contribution in [3.8, 4) is 44.5 Å². The molecule has 9 aromatic carbocycles. The lowest BCUT2D eigenvalue weighted by Crippen LogP contribution is -2.28. The number of benzene rings is 9. The summed E-state index contributed by atoms with van der Waals surface area (Å²) in [4.78, 5) is 4.74. The fraction of sp³-hybridized carbons (Fsp3) is 0.0185. The van der Waals surface area contributed by atoms with Crippen molar-refractivity contribution in [1.82, 2.24) is 4.98 Å². The zero-order chi connectivity index (χ0) is 36.3. The number of fused-ring (bicyclic) bond motifs is 6. The Morgan fingerprint density at radius 3 is 1.47 bits per heavy atom. The molecule has 0 saturated heterocycles. The van der Waals surface area contributed by atoms with Crippen LogP contribution in [0.15, 0.2) is 212 Å². The van der Waals surface area contributed by atoms with Crippen LogP contribution in [0.1, 0.15) is 22.3 Å². The second-order valence-corrected chi connectivity index (χ2v) is 14.6. The van der Waals surface area contributed by atoms with Crippen molar-refractivity contribution in [3.05, 3.63) is 235 Å². The summed E-state index contributed by atoms with van der Waals surface area (Å²) in [5.41, 5.74) is 15.6. The van der Waals surface area contributed by atoms with E-state index in [0.717, 1.165) is 22.0 Å². The molecule has 1 heteroatoms. The monoisotopic (exact) mass is 697 g/mol. The SMILES string of the molecule is c1ccc(C2(c3ccccc3)c3ccccc3-c3ccc(-c4c5ccccc5c(-c5ccc(-c6cccc7cccnc67)cc5)c5ccccc45)cc32)cc1. The molecule has 1 aromatic heterocycles. The van der Waals surface area contributed by atoms with E-state index in [0.29, 0.717) is 0 Å². The van der Waals surface area contributed by atoms with E-state index in [4.69, 9.17) is 4.98 Å². The van der Waals surface area contributed by atoms with Gasteiger partial charge in [-0.3, -0.25) is 4.98 Å². The third kappa shape index (κ3) is 4.70. The fourth-order valence-corrected chi connectivity index (χ4v) is 9.50. The molecular weight excluding hydrogens is 663 g/mol. The molecule has 0 fully saturated rings. The number of hydrogen-bond donors (Lipinski definition) is 0. The average molecular weight is 698 g/mol. The molecule has 256 valence electrons. The van der Waals surface area contributed by atoms with Crippen LogP contribution in [-0.2, 0) is 5.41 Å². The normalized spacial score (nSPS) is 12.9. The molecule has 0 bridgehead atoms. The molecule has 0 aliphatic heterocycles. The molecule has 1 aliphatic rings. The van der Waals surface area contributed by atoms with Gasteiger partial charge in [-0.15, -0.1) is 0 Å². The van der Waals surface area contributed by atoms with E-state index in [1.165, 1.54) is 77.2 Å². The van der Waals surface area contributed by atoms with E-state index in [1.807, 2.05) is 12.3 Å². The summed E-state index contributed by atoms with van der Waals surface area (Å²) < 4.78 is 0. The highest BCUT2D eigenvalue weighted by Crippen LogP contribution is 2.57. The van der Waals surface area contributed by atoms with Crippen molar-refractivity contribution in [3.63, 3.8) is 0 Å². The maximum absolute atomic E-state index is 4.74. The maximum Gasteiger partial charge on any atom is 0.0780 e. The summed E-state index contributed by atoms with van der Waals surface area (Å²) in [5.74, 6) is 0.